The molecule has 0 spiro atoms. The molecule has 0 radical (unpaired) electrons. The molecule has 20 heavy (non-hydrogen) atoms. The molecule has 1 N–H and O–H groups in total. The van der Waals surface area contributed by atoms with Crippen molar-refractivity contribution >= 4 is 12.0 Å². The predicted octanol–water partition coefficient (Wildman–Crippen LogP) is 3.79. The Bertz CT molecular complexity index is 535. The lowest BCUT2D eigenvalue weighted by Gasteiger charge is -2.09. The molecule has 0 atom stereocenters. The molecule has 0 aliphatic rings. The molecule has 0 aliphatic carbocycles. The Kier molecular flexibility index (Phi) is 6.04. The molecule has 0 amide bonds. The van der Waals surface area contributed by atoms with Gasteiger partial charge in [-0.25, -0.2) is 4.79 Å². The van der Waals surface area contributed by atoms with Gasteiger partial charge in [0.05, 0.1) is 6.61 Å². The molecule has 1 aromatic carbocycles. The van der Waals surface area contributed by atoms with Crippen molar-refractivity contribution in [2.75, 3.05) is 6.61 Å². The third-order valence-corrected chi connectivity index (χ3v) is 2.95. The van der Waals surface area contributed by atoms with Crippen molar-refractivity contribution in [3.05, 3.63) is 46.5 Å². The molecule has 3 nitrogen and oxygen atoms in total. The molecular weight excluding hydrogens is 252 g/mol. The molecule has 0 saturated heterocycles. The fourth-order valence-corrected chi connectivity index (χ4v) is 1.80. The van der Waals surface area contributed by atoms with Gasteiger partial charge in [-0.2, -0.15) is 0 Å². The van der Waals surface area contributed by atoms with Gasteiger partial charge in [-0.15, -0.1) is 0 Å². The molecule has 0 saturated carbocycles. The highest BCUT2D eigenvalue weighted by Gasteiger charge is 2.08. The summed E-state index contributed by atoms with van der Waals surface area (Å²) in [6.45, 7) is 8.11. The molecule has 0 unspecified atom stereocenters. The van der Waals surface area contributed by atoms with Crippen LogP contribution in [0.2, 0.25) is 0 Å². The number of rotatable bonds is 5. The van der Waals surface area contributed by atoms with E-state index in [0.29, 0.717) is 18.6 Å². The maximum absolute atomic E-state index is 11.3. The molecule has 3 heteroatoms. The predicted molar refractivity (Wildman–Crippen MR) is 81.6 cm³/mol. The van der Waals surface area contributed by atoms with Crippen molar-refractivity contribution in [1.29, 1.82) is 0 Å². The van der Waals surface area contributed by atoms with Gasteiger partial charge in [0.25, 0.3) is 0 Å². The van der Waals surface area contributed by atoms with E-state index in [4.69, 9.17) is 4.74 Å². The minimum absolute atomic E-state index is 0.225. The van der Waals surface area contributed by atoms with Gasteiger partial charge in [0.15, 0.2) is 0 Å². The van der Waals surface area contributed by atoms with Crippen molar-refractivity contribution in [3.8, 4) is 5.75 Å². The normalized spacial score (nSPS) is 10.6. The molecule has 0 aromatic heterocycles. The first-order valence-corrected chi connectivity index (χ1v) is 6.75. The number of aryl methyl sites for hydroxylation is 1. The summed E-state index contributed by atoms with van der Waals surface area (Å²) in [5.74, 6) is -0.179. The number of carbonyl (C=O) groups excluding carboxylic acids is 1. The molecule has 0 bridgehead atoms. The lowest BCUT2D eigenvalue weighted by Crippen LogP contribution is -1.99. The summed E-state index contributed by atoms with van der Waals surface area (Å²) in [7, 11) is 0. The highest BCUT2D eigenvalue weighted by atomic mass is 16.5. The molecule has 1 aromatic rings. The number of hydrogen-bond donors (Lipinski definition) is 1. The average Bonchev–Trinajstić information content (AvgIpc) is 2.37. The third-order valence-electron chi connectivity index (χ3n) is 2.95. The van der Waals surface area contributed by atoms with Crippen LogP contribution in [-0.2, 0) is 16.0 Å². The second-order valence-corrected chi connectivity index (χ2v) is 4.87. The number of ether oxygens (including phenoxy) is 1. The largest absolute Gasteiger partial charge is 0.507 e. The van der Waals surface area contributed by atoms with Crippen LogP contribution in [0.1, 0.15) is 37.5 Å². The van der Waals surface area contributed by atoms with Crippen LogP contribution >= 0.6 is 0 Å². The first-order valence-electron chi connectivity index (χ1n) is 6.75. The summed E-state index contributed by atoms with van der Waals surface area (Å²) in [6, 6.07) is 3.74. The van der Waals surface area contributed by atoms with Crippen LogP contribution in [0.3, 0.4) is 0 Å². The molecule has 1 rings (SSSR count). The second-order valence-electron chi connectivity index (χ2n) is 4.87. The van der Waals surface area contributed by atoms with Crippen LogP contribution in [0.4, 0.5) is 0 Å². The van der Waals surface area contributed by atoms with Crippen molar-refractivity contribution in [3.63, 3.8) is 0 Å². The lowest BCUT2D eigenvalue weighted by molar-refractivity contribution is -0.137. The van der Waals surface area contributed by atoms with Gasteiger partial charge in [-0.1, -0.05) is 23.8 Å². The third kappa shape index (κ3) is 4.57. The molecule has 108 valence electrons. The van der Waals surface area contributed by atoms with Gasteiger partial charge < -0.3 is 9.84 Å². The SMILES string of the molecule is CCOC(=O)/C=C/c1ccc(C)c(CC=C(C)C)c1O. The smallest absolute Gasteiger partial charge is 0.330 e. The number of esters is 1. The van der Waals surface area contributed by atoms with Gasteiger partial charge in [0.1, 0.15) is 5.75 Å². The number of carbonyl (C=O) groups is 1. The summed E-state index contributed by atoms with van der Waals surface area (Å²) in [5.41, 5.74) is 3.75. The van der Waals surface area contributed by atoms with Crippen molar-refractivity contribution < 1.29 is 14.6 Å². The van der Waals surface area contributed by atoms with Crippen LogP contribution in [0, 0.1) is 6.92 Å². The monoisotopic (exact) mass is 274 g/mol. The van der Waals surface area contributed by atoms with Crippen LogP contribution in [0.15, 0.2) is 29.9 Å². The maximum atomic E-state index is 11.3. The second kappa shape index (κ2) is 7.53. The fraction of sp³-hybridized carbons (Fsp3) is 0.353. The Hall–Kier alpha value is -2.03. The summed E-state index contributed by atoms with van der Waals surface area (Å²) >= 11 is 0. The van der Waals surface area contributed by atoms with Gasteiger partial charge in [-0.3, -0.25) is 0 Å². The highest BCUT2D eigenvalue weighted by Crippen LogP contribution is 2.28. The van der Waals surface area contributed by atoms with Gasteiger partial charge >= 0.3 is 5.97 Å². The van der Waals surface area contributed by atoms with Crippen molar-refractivity contribution in [1.82, 2.24) is 0 Å². The first kappa shape index (κ1) is 16.0. The quantitative estimate of drug-likeness (QED) is 0.505. The number of hydrogen-bond acceptors (Lipinski definition) is 3. The zero-order valence-electron chi connectivity index (χ0n) is 12.6. The van der Waals surface area contributed by atoms with Crippen molar-refractivity contribution in [2.24, 2.45) is 0 Å². The van der Waals surface area contributed by atoms with E-state index < -0.39 is 5.97 Å². The number of benzene rings is 1. The van der Waals surface area contributed by atoms with Crippen LogP contribution in [0.25, 0.3) is 6.08 Å². The van der Waals surface area contributed by atoms with Crippen molar-refractivity contribution in [2.45, 2.75) is 34.1 Å². The van der Waals surface area contributed by atoms with E-state index in [1.165, 1.54) is 11.6 Å². The Morgan fingerprint density at radius 3 is 2.65 bits per heavy atom. The minimum atomic E-state index is -0.404. The summed E-state index contributed by atoms with van der Waals surface area (Å²) in [5, 5.41) is 10.3. The molecular formula is C17H22O3. The lowest BCUT2D eigenvalue weighted by atomic mass is 9.99. The average molecular weight is 274 g/mol. The van der Waals surface area contributed by atoms with Gasteiger partial charge in [-0.05, 0) is 45.8 Å². The Labute approximate surface area is 120 Å². The maximum Gasteiger partial charge on any atom is 0.330 e. The van der Waals surface area contributed by atoms with E-state index >= 15 is 0 Å². The van der Waals surface area contributed by atoms with Crippen LogP contribution in [0.5, 0.6) is 5.75 Å². The van der Waals surface area contributed by atoms with Crippen LogP contribution in [-0.4, -0.2) is 17.7 Å². The minimum Gasteiger partial charge on any atom is -0.507 e. The summed E-state index contributed by atoms with van der Waals surface area (Å²) in [4.78, 5) is 11.3. The molecule has 0 heterocycles. The van der Waals surface area contributed by atoms with E-state index in [1.54, 1.807) is 19.1 Å². The zero-order valence-corrected chi connectivity index (χ0v) is 12.6. The standard InChI is InChI=1S/C17H22O3/c1-5-20-16(18)11-9-14-8-7-13(4)15(17(14)19)10-6-12(2)3/h6-9,11,19H,5,10H2,1-4H3/b11-9+. The van der Waals surface area contributed by atoms with Gasteiger partial charge in [0.2, 0.25) is 0 Å². The van der Waals surface area contributed by atoms with Crippen LogP contribution < -0.4 is 0 Å². The van der Waals surface area contributed by atoms with E-state index in [-0.39, 0.29) is 5.75 Å². The Balaban J connectivity index is 3.02. The molecule has 0 aliphatic heterocycles. The Morgan fingerprint density at radius 2 is 2.05 bits per heavy atom. The van der Waals surface area contributed by atoms with E-state index in [1.807, 2.05) is 26.8 Å². The highest BCUT2D eigenvalue weighted by molar-refractivity contribution is 5.87. The number of aromatic hydroxyl groups is 1. The number of phenolic OH excluding ortho intramolecular Hbond substituents is 1. The molecule has 0 fully saturated rings. The van der Waals surface area contributed by atoms with E-state index in [9.17, 15) is 9.90 Å². The number of allylic oxidation sites excluding steroid dienone is 2. The summed E-state index contributed by atoms with van der Waals surface area (Å²) < 4.78 is 4.82. The zero-order chi connectivity index (χ0) is 15.1. The van der Waals surface area contributed by atoms with E-state index in [0.717, 1.165) is 11.1 Å². The van der Waals surface area contributed by atoms with E-state index in [2.05, 4.69) is 6.08 Å². The Morgan fingerprint density at radius 1 is 1.35 bits per heavy atom. The first-order chi connectivity index (χ1) is 9.45. The summed E-state index contributed by atoms with van der Waals surface area (Å²) in [6.07, 6.45) is 5.67. The topological polar surface area (TPSA) is 46.5 Å². The van der Waals surface area contributed by atoms with Gasteiger partial charge in [0, 0.05) is 17.2 Å². The number of phenols is 1. The fourth-order valence-electron chi connectivity index (χ4n) is 1.80.